The number of hydrogen-bond acceptors (Lipinski definition) is 3. The Hall–Kier alpha value is -3.47. The second-order valence-corrected chi connectivity index (χ2v) is 6.41. The number of pyridine rings is 1. The van der Waals surface area contributed by atoms with E-state index >= 15 is 0 Å². The maximum absolute atomic E-state index is 12.5. The number of carbonyl (C=O) groups is 1. The molecular formula is C22H20N4O. The van der Waals surface area contributed by atoms with E-state index in [1.54, 1.807) is 10.9 Å². The maximum Gasteiger partial charge on any atom is 0.254 e. The first-order chi connectivity index (χ1) is 13.2. The van der Waals surface area contributed by atoms with Crippen molar-refractivity contribution in [2.45, 2.75) is 13.3 Å². The molecule has 0 saturated heterocycles. The van der Waals surface area contributed by atoms with Gasteiger partial charge in [0.1, 0.15) is 0 Å². The largest absolute Gasteiger partial charge is 0.352 e. The van der Waals surface area contributed by atoms with Crippen LogP contribution in [0.3, 0.4) is 0 Å². The smallest absolute Gasteiger partial charge is 0.254 e. The normalized spacial score (nSPS) is 10.9. The first-order valence-electron chi connectivity index (χ1n) is 8.95. The van der Waals surface area contributed by atoms with Crippen molar-refractivity contribution in [1.82, 2.24) is 20.1 Å². The number of nitrogens with zero attached hydrogens (tertiary/aromatic N) is 3. The molecule has 0 unspecified atom stereocenters. The Morgan fingerprint density at radius 1 is 1.00 bits per heavy atom. The van der Waals surface area contributed by atoms with Gasteiger partial charge in [-0.2, -0.15) is 5.10 Å². The number of rotatable bonds is 5. The zero-order chi connectivity index (χ0) is 18.6. The first kappa shape index (κ1) is 17.0. The zero-order valence-corrected chi connectivity index (χ0v) is 15.1. The van der Waals surface area contributed by atoms with Gasteiger partial charge >= 0.3 is 0 Å². The van der Waals surface area contributed by atoms with E-state index in [1.165, 1.54) is 5.56 Å². The van der Waals surface area contributed by atoms with Gasteiger partial charge < -0.3 is 5.32 Å². The molecule has 27 heavy (non-hydrogen) atoms. The summed E-state index contributed by atoms with van der Waals surface area (Å²) in [4.78, 5) is 17.2. The summed E-state index contributed by atoms with van der Waals surface area (Å²) in [7, 11) is 0. The summed E-state index contributed by atoms with van der Waals surface area (Å²) in [5.74, 6) is 0.588. The number of fused-ring (bicyclic) bond motifs is 1. The van der Waals surface area contributed by atoms with Gasteiger partial charge in [-0.1, -0.05) is 48.5 Å². The minimum atomic E-state index is -0.115. The molecule has 0 fully saturated rings. The van der Waals surface area contributed by atoms with Crippen LogP contribution < -0.4 is 5.32 Å². The average molecular weight is 356 g/mol. The van der Waals surface area contributed by atoms with Crippen LogP contribution in [-0.2, 0) is 6.42 Å². The molecule has 0 spiro atoms. The number of amides is 1. The summed E-state index contributed by atoms with van der Waals surface area (Å²) < 4.78 is 1.71. The first-order valence-corrected chi connectivity index (χ1v) is 8.95. The Morgan fingerprint density at radius 2 is 1.78 bits per heavy atom. The van der Waals surface area contributed by atoms with Gasteiger partial charge in [-0.25, -0.2) is 9.67 Å². The Bertz CT molecular complexity index is 1090. The molecule has 5 heteroatoms. The van der Waals surface area contributed by atoms with Crippen LogP contribution in [0.25, 0.3) is 16.7 Å². The Labute approximate surface area is 157 Å². The molecule has 4 aromatic rings. The van der Waals surface area contributed by atoms with Crippen molar-refractivity contribution in [3.8, 4) is 5.82 Å². The molecule has 0 radical (unpaired) electrons. The quantitative estimate of drug-likeness (QED) is 0.593. The number of carbonyl (C=O) groups excluding carboxylic acids is 1. The van der Waals surface area contributed by atoms with E-state index < -0.39 is 0 Å². The van der Waals surface area contributed by atoms with Gasteiger partial charge in [0, 0.05) is 11.9 Å². The highest BCUT2D eigenvalue weighted by molar-refractivity contribution is 5.95. The second kappa shape index (κ2) is 7.41. The predicted molar refractivity (Wildman–Crippen MR) is 106 cm³/mol. The molecule has 2 aromatic heterocycles. The minimum Gasteiger partial charge on any atom is -0.352 e. The lowest BCUT2D eigenvalue weighted by molar-refractivity contribution is 0.0953. The van der Waals surface area contributed by atoms with Gasteiger partial charge in [-0.05, 0) is 37.1 Å². The fourth-order valence-electron chi connectivity index (χ4n) is 3.10. The molecule has 0 aliphatic carbocycles. The zero-order valence-electron chi connectivity index (χ0n) is 15.1. The van der Waals surface area contributed by atoms with Gasteiger partial charge in [0.2, 0.25) is 0 Å². The van der Waals surface area contributed by atoms with E-state index in [0.717, 1.165) is 23.0 Å². The van der Waals surface area contributed by atoms with Crippen molar-refractivity contribution >= 4 is 16.8 Å². The topological polar surface area (TPSA) is 59.8 Å². The molecule has 1 N–H and O–H groups in total. The SMILES string of the molecule is Cc1c(C(=O)NCCc2ccccc2)cnn1-c1ccc2ccccc2n1. The van der Waals surface area contributed by atoms with E-state index in [-0.39, 0.29) is 5.91 Å². The summed E-state index contributed by atoms with van der Waals surface area (Å²) in [6, 6.07) is 22.0. The molecule has 0 atom stereocenters. The van der Waals surface area contributed by atoms with Gasteiger partial charge in [0.25, 0.3) is 5.91 Å². The van der Waals surface area contributed by atoms with E-state index in [9.17, 15) is 4.79 Å². The molecule has 0 bridgehead atoms. The molecule has 2 aromatic carbocycles. The van der Waals surface area contributed by atoms with Crippen LogP contribution in [0, 0.1) is 6.92 Å². The molecule has 0 aliphatic heterocycles. The van der Waals surface area contributed by atoms with Gasteiger partial charge in [0.15, 0.2) is 5.82 Å². The monoisotopic (exact) mass is 356 g/mol. The molecule has 0 aliphatic rings. The van der Waals surface area contributed by atoms with Crippen LogP contribution in [-0.4, -0.2) is 27.2 Å². The number of aromatic nitrogens is 3. The van der Waals surface area contributed by atoms with Crippen molar-refractivity contribution in [3.63, 3.8) is 0 Å². The van der Waals surface area contributed by atoms with E-state index in [2.05, 4.69) is 27.5 Å². The van der Waals surface area contributed by atoms with Gasteiger partial charge in [-0.3, -0.25) is 4.79 Å². The van der Waals surface area contributed by atoms with Crippen molar-refractivity contribution in [1.29, 1.82) is 0 Å². The molecule has 5 nitrogen and oxygen atoms in total. The third-order valence-electron chi connectivity index (χ3n) is 4.60. The van der Waals surface area contributed by atoms with Crippen molar-refractivity contribution in [2.75, 3.05) is 6.54 Å². The third-order valence-corrected chi connectivity index (χ3v) is 4.60. The van der Waals surface area contributed by atoms with Crippen LogP contribution in [0.2, 0.25) is 0 Å². The molecule has 134 valence electrons. The van der Waals surface area contributed by atoms with Crippen LogP contribution >= 0.6 is 0 Å². The number of para-hydroxylation sites is 1. The lowest BCUT2D eigenvalue weighted by atomic mass is 10.1. The molecule has 1 amide bonds. The Balaban J connectivity index is 1.50. The Morgan fingerprint density at radius 3 is 2.63 bits per heavy atom. The van der Waals surface area contributed by atoms with Crippen LogP contribution in [0.1, 0.15) is 21.6 Å². The fourth-order valence-corrected chi connectivity index (χ4v) is 3.10. The van der Waals surface area contributed by atoms with Crippen molar-refractivity contribution in [3.05, 3.63) is 89.7 Å². The summed E-state index contributed by atoms with van der Waals surface area (Å²) in [6.07, 6.45) is 2.40. The number of nitrogens with one attached hydrogen (secondary N) is 1. The molecule has 2 heterocycles. The standard InChI is InChI=1S/C22H20N4O/c1-16-19(22(27)23-14-13-17-7-3-2-4-8-17)15-24-26(16)21-12-11-18-9-5-6-10-20(18)25-21/h2-12,15H,13-14H2,1H3,(H,23,27). The van der Waals surface area contributed by atoms with Crippen LogP contribution in [0.15, 0.2) is 72.9 Å². The predicted octanol–water partition coefficient (Wildman–Crippen LogP) is 3.70. The average Bonchev–Trinajstić information content (AvgIpc) is 3.10. The maximum atomic E-state index is 12.5. The summed E-state index contributed by atoms with van der Waals surface area (Å²) in [5.41, 5.74) is 3.44. The second-order valence-electron chi connectivity index (χ2n) is 6.41. The van der Waals surface area contributed by atoms with E-state index in [0.29, 0.717) is 17.9 Å². The highest BCUT2D eigenvalue weighted by Gasteiger charge is 2.15. The number of hydrogen-bond donors (Lipinski definition) is 1. The third kappa shape index (κ3) is 3.58. The number of benzene rings is 2. The summed E-state index contributed by atoms with van der Waals surface area (Å²) in [5, 5.41) is 8.42. The van der Waals surface area contributed by atoms with E-state index in [4.69, 9.17) is 0 Å². The van der Waals surface area contributed by atoms with Crippen molar-refractivity contribution < 1.29 is 4.79 Å². The molecular weight excluding hydrogens is 336 g/mol. The summed E-state index contributed by atoms with van der Waals surface area (Å²) >= 11 is 0. The van der Waals surface area contributed by atoms with Crippen LogP contribution in [0.5, 0.6) is 0 Å². The van der Waals surface area contributed by atoms with E-state index in [1.807, 2.05) is 61.5 Å². The molecule has 4 rings (SSSR count). The van der Waals surface area contributed by atoms with Gasteiger partial charge in [0.05, 0.1) is 23.0 Å². The van der Waals surface area contributed by atoms with Crippen LogP contribution in [0.4, 0.5) is 0 Å². The van der Waals surface area contributed by atoms with Crippen molar-refractivity contribution in [2.24, 2.45) is 0 Å². The molecule has 0 saturated carbocycles. The highest BCUT2D eigenvalue weighted by Crippen LogP contribution is 2.17. The summed E-state index contributed by atoms with van der Waals surface area (Å²) in [6.45, 7) is 2.47. The highest BCUT2D eigenvalue weighted by atomic mass is 16.1. The Kier molecular flexibility index (Phi) is 4.66. The fraction of sp³-hybridized carbons (Fsp3) is 0.136. The minimum absolute atomic E-state index is 0.115. The lowest BCUT2D eigenvalue weighted by Gasteiger charge is -2.07. The van der Waals surface area contributed by atoms with Gasteiger partial charge in [-0.15, -0.1) is 0 Å². The lowest BCUT2D eigenvalue weighted by Crippen LogP contribution is -2.26.